The Morgan fingerprint density at radius 2 is 1.70 bits per heavy atom. The highest BCUT2D eigenvalue weighted by Crippen LogP contribution is 2.34. The Labute approximate surface area is 196 Å². The number of likely N-dealkylation sites (tertiary alicyclic amines) is 1. The molecule has 33 heavy (non-hydrogen) atoms. The number of halogens is 4. The molecule has 8 heteroatoms. The zero-order valence-corrected chi connectivity index (χ0v) is 19.5. The molecule has 1 amide bonds. The molecule has 1 fully saturated rings. The molecular weight excluding hydrogens is 451 g/mol. The fourth-order valence-electron chi connectivity index (χ4n) is 3.94. The summed E-state index contributed by atoms with van der Waals surface area (Å²) in [5.41, 5.74) is 5.10. The van der Waals surface area contributed by atoms with Gasteiger partial charge in [-0.25, -0.2) is 4.99 Å². The molecule has 0 aliphatic carbocycles. The third kappa shape index (κ3) is 5.96. The molecule has 2 aromatic carbocycles. The van der Waals surface area contributed by atoms with Crippen molar-refractivity contribution in [2.24, 2.45) is 16.1 Å². The molecule has 1 aliphatic heterocycles. The molecule has 0 radical (unpaired) electrons. The number of hydrogen-bond acceptors (Lipinski definition) is 3. The number of aliphatic imine (C=N–C) groups is 1. The zero-order chi connectivity index (χ0) is 24.4. The number of carbonyl (C=O) groups is 1. The van der Waals surface area contributed by atoms with Crippen molar-refractivity contribution in [3.05, 3.63) is 76.5 Å². The van der Waals surface area contributed by atoms with E-state index >= 15 is 0 Å². The minimum Gasteiger partial charge on any atom is -0.395 e. The van der Waals surface area contributed by atoms with Crippen LogP contribution in [0.1, 0.15) is 49.5 Å². The van der Waals surface area contributed by atoms with Gasteiger partial charge in [0.15, 0.2) is 0 Å². The van der Waals surface area contributed by atoms with E-state index in [-0.39, 0.29) is 23.1 Å². The second-order valence-electron chi connectivity index (χ2n) is 9.15. The van der Waals surface area contributed by atoms with Gasteiger partial charge in [0.2, 0.25) is 0 Å². The minimum atomic E-state index is -4.70. The molecule has 1 atom stereocenters. The van der Waals surface area contributed by atoms with E-state index in [1.54, 1.807) is 48.5 Å². The smallest absolute Gasteiger partial charge is 0.395 e. The highest BCUT2D eigenvalue weighted by molar-refractivity contribution is 6.33. The maximum atomic E-state index is 13.1. The quantitative estimate of drug-likeness (QED) is 0.510. The van der Waals surface area contributed by atoms with Crippen LogP contribution in [-0.4, -0.2) is 35.3 Å². The van der Waals surface area contributed by atoms with Crippen molar-refractivity contribution in [2.75, 3.05) is 6.54 Å². The fraction of sp³-hybridized carbons (Fsp3) is 0.360. The maximum Gasteiger partial charge on any atom is 0.430 e. The standard InChI is InChI=1S/C25H27ClF3N3O/c1-24(2,3)22-9-6-14-32(22)23(33)17-12-10-16(11-13-17)20(15-21(30)25(27,28)29)31-19-8-5-4-7-18(19)26/h4-5,7-8,10-13,15,22H,6,9,14,30H2,1-3H3. The summed E-state index contributed by atoms with van der Waals surface area (Å²) in [5.74, 6) is -0.0890. The first-order valence-electron chi connectivity index (χ1n) is 10.7. The Hall–Kier alpha value is -2.80. The van der Waals surface area contributed by atoms with Crippen LogP contribution in [0.2, 0.25) is 5.02 Å². The Morgan fingerprint density at radius 3 is 2.27 bits per heavy atom. The van der Waals surface area contributed by atoms with Crippen molar-refractivity contribution in [3.63, 3.8) is 0 Å². The molecule has 0 bridgehead atoms. The monoisotopic (exact) mass is 477 g/mol. The summed E-state index contributed by atoms with van der Waals surface area (Å²) in [6, 6.07) is 13.1. The van der Waals surface area contributed by atoms with Gasteiger partial charge in [0.25, 0.3) is 5.91 Å². The van der Waals surface area contributed by atoms with Crippen molar-refractivity contribution in [2.45, 2.75) is 45.8 Å². The lowest BCUT2D eigenvalue weighted by molar-refractivity contribution is -0.0925. The van der Waals surface area contributed by atoms with Crippen LogP contribution in [0, 0.1) is 5.41 Å². The molecule has 4 nitrogen and oxygen atoms in total. The Bertz CT molecular complexity index is 1070. The molecule has 1 saturated heterocycles. The van der Waals surface area contributed by atoms with Gasteiger partial charge >= 0.3 is 6.18 Å². The third-order valence-electron chi connectivity index (χ3n) is 5.65. The summed E-state index contributed by atoms with van der Waals surface area (Å²) >= 11 is 6.14. The largest absolute Gasteiger partial charge is 0.430 e. The van der Waals surface area contributed by atoms with Crippen LogP contribution in [-0.2, 0) is 0 Å². The summed E-state index contributed by atoms with van der Waals surface area (Å²) in [6.07, 6.45) is -2.03. The number of nitrogens with two attached hydrogens (primary N) is 1. The summed E-state index contributed by atoms with van der Waals surface area (Å²) in [6.45, 7) is 7.02. The van der Waals surface area contributed by atoms with Gasteiger partial charge in [0, 0.05) is 23.7 Å². The molecule has 0 saturated carbocycles. The van der Waals surface area contributed by atoms with Gasteiger partial charge in [0.05, 0.1) is 16.4 Å². The summed E-state index contributed by atoms with van der Waals surface area (Å²) in [4.78, 5) is 19.3. The van der Waals surface area contributed by atoms with E-state index in [9.17, 15) is 18.0 Å². The van der Waals surface area contributed by atoms with Crippen LogP contribution in [0.3, 0.4) is 0 Å². The number of allylic oxidation sites excluding steroid dienone is 2. The first-order valence-corrected chi connectivity index (χ1v) is 11.0. The molecule has 2 N–H and O–H groups in total. The van der Waals surface area contributed by atoms with Crippen LogP contribution in [0.15, 0.2) is 65.3 Å². The van der Waals surface area contributed by atoms with Gasteiger partial charge in [-0.1, -0.05) is 56.6 Å². The van der Waals surface area contributed by atoms with Gasteiger partial charge in [-0.2, -0.15) is 13.2 Å². The molecule has 0 aromatic heterocycles. The second-order valence-corrected chi connectivity index (χ2v) is 9.55. The number of alkyl halides is 3. The number of benzene rings is 2. The van der Waals surface area contributed by atoms with Gasteiger partial charge < -0.3 is 10.6 Å². The van der Waals surface area contributed by atoms with Gasteiger partial charge in [-0.05, 0) is 48.6 Å². The first kappa shape index (κ1) is 24.8. The van der Waals surface area contributed by atoms with Crippen LogP contribution in [0.25, 0.3) is 0 Å². The SMILES string of the molecule is CC(C)(C)C1CCCN1C(=O)c1ccc(C(C=C(N)C(F)(F)F)=Nc2ccccc2Cl)cc1. The predicted molar refractivity (Wildman–Crippen MR) is 126 cm³/mol. The van der Waals surface area contributed by atoms with E-state index in [1.807, 2.05) is 4.90 Å². The molecule has 176 valence electrons. The average Bonchev–Trinajstić information content (AvgIpc) is 3.24. The van der Waals surface area contributed by atoms with Gasteiger partial charge in [-0.3, -0.25) is 4.79 Å². The number of carbonyl (C=O) groups excluding carboxylic acids is 1. The summed E-state index contributed by atoms with van der Waals surface area (Å²) in [5, 5.41) is 0.294. The van der Waals surface area contributed by atoms with Crippen molar-refractivity contribution < 1.29 is 18.0 Å². The van der Waals surface area contributed by atoms with Crippen LogP contribution < -0.4 is 5.73 Å². The van der Waals surface area contributed by atoms with Crippen molar-refractivity contribution in [1.29, 1.82) is 0 Å². The van der Waals surface area contributed by atoms with Gasteiger partial charge in [-0.15, -0.1) is 0 Å². The number of para-hydroxylation sites is 1. The fourth-order valence-corrected chi connectivity index (χ4v) is 4.12. The maximum absolute atomic E-state index is 13.1. The number of nitrogens with zero attached hydrogens (tertiary/aromatic N) is 2. The lowest BCUT2D eigenvalue weighted by Gasteiger charge is -2.35. The highest BCUT2D eigenvalue weighted by Gasteiger charge is 2.37. The van der Waals surface area contributed by atoms with E-state index in [0.717, 1.165) is 18.9 Å². The van der Waals surface area contributed by atoms with E-state index in [0.29, 0.717) is 28.4 Å². The molecule has 1 heterocycles. The Kier molecular flexibility index (Phi) is 7.22. The van der Waals surface area contributed by atoms with Crippen molar-refractivity contribution in [3.8, 4) is 0 Å². The van der Waals surface area contributed by atoms with Crippen LogP contribution in [0.4, 0.5) is 18.9 Å². The van der Waals surface area contributed by atoms with E-state index < -0.39 is 11.9 Å². The minimum absolute atomic E-state index is 0.00864. The second kappa shape index (κ2) is 9.59. The van der Waals surface area contributed by atoms with Gasteiger partial charge in [0.1, 0.15) is 5.70 Å². The first-order chi connectivity index (χ1) is 15.4. The molecule has 2 aromatic rings. The predicted octanol–water partition coefficient (Wildman–Crippen LogP) is 6.52. The Morgan fingerprint density at radius 1 is 1.09 bits per heavy atom. The molecule has 1 aliphatic rings. The number of amides is 1. The lowest BCUT2D eigenvalue weighted by Crippen LogP contribution is -2.43. The van der Waals surface area contributed by atoms with Crippen LogP contribution in [0.5, 0.6) is 0 Å². The molecule has 1 unspecified atom stereocenters. The third-order valence-corrected chi connectivity index (χ3v) is 5.97. The van der Waals surface area contributed by atoms with E-state index in [4.69, 9.17) is 17.3 Å². The molecular formula is C25H27ClF3N3O. The Balaban J connectivity index is 1.96. The molecule has 0 spiro atoms. The topological polar surface area (TPSA) is 58.7 Å². The van der Waals surface area contributed by atoms with E-state index in [1.165, 1.54) is 0 Å². The van der Waals surface area contributed by atoms with Crippen molar-refractivity contribution in [1.82, 2.24) is 4.90 Å². The van der Waals surface area contributed by atoms with E-state index in [2.05, 4.69) is 25.8 Å². The highest BCUT2D eigenvalue weighted by atomic mass is 35.5. The normalized spacial score (nSPS) is 18.0. The average molecular weight is 478 g/mol. The lowest BCUT2D eigenvalue weighted by atomic mass is 9.85. The van der Waals surface area contributed by atoms with Crippen molar-refractivity contribution >= 4 is 28.9 Å². The number of hydrogen-bond donors (Lipinski definition) is 1. The summed E-state index contributed by atoms with van der Waals surface area (Å²) in [7, 11) is 0. The number of rotatable bonds is 4. The van der Waals surface area contributed by atoms with Crippen LogP contribution >= 0.6 is 11.6 Å². The molecule has 3 rings (SSSR count). The zero-order valence-electron chi connectivity index (χ0n) is 18.8. The summed E-state index contributed by atoms with van der Waals surface area (Å²) < 4.78 is 39.3.